The normalized spacial score (nSPS) is 54.5. The van der Waals surface area contributed by atoms with E-state index < -0.39 is 0 Å². The van der Waals surface area contributed by atoms with E-state index in [-0.39, 0.29) is 23.1 Å². The van der Waals surface area contributed by atoms with Gasteiger partial charge < -0.3 is 9.84 Å². The molecule has 1 N–H and O–H groups in total. The lowest BCUT2D eigenvalue weighted by molar-refractivity contribution is -0.167. The topological polar surface area (TPSA) is 46.5 Å². The zero-order chi connectivity index (χ0) is 17.4. The van der Waals surface area contributed by atoms with Crippen molar-refractivity contribution in [3.63, 3.8) is 0 Å². The van der Waals surface area contributed by atoms with Crippen LogP contribution in [0.4, 0.5) is 0 Å². The van der Waals surface area contributed by atoms with Crippen LogP contribution in [0.25, 0.3) is 0 Å². The number of esters is 1. The molecule has 3 saturated carbocycles. The van der Waals surface area contributed by atoms with Gasteiger partial charge in [0.15, 0.2) is 0 Å². The van der Waals surface area contributed by atoms with Crippen LogP contribution < -0.4 is 0 Å². The summed E-state index contributed by atoms with van der Waals surface area (Å²) in [6, 6.07) is 0. The highest BCUT2D eigenvalue weighted by Crippen LogP contribution is 2.69. The van der Waals surface area contributed by atoms with Crippen molar-refractivity contribution in [3.8, 4) is 0 Å². The minimum absolute atomic E-state index is 0.0306. The zero-order valence-electron chi connectivity index (χ0n) is 15.7. The number of ether oxygens (including phenoxy) is 1. The van der Waals surface area contributed by atoms with E-state index in [1.165, 1.54) is 31.3 Å². The standard InChI is InChI=1S/C22H32O3/c1-20-9-5-15(23)13-14(20)3-4-16-17(20)6-10-21(2)18(16)7-11-22(21)12-8-19(24)25-22/h3,15-18,23H,4-13H2,1-2H3/t15-,16-,17+,18+,20-,21-,22+/m0/s1. The Morgan fingerprint density at radius 1 is 1.08 bits per heavy atom. The molecule has 0 bridgehead atoms. The van der Waals surface area contributed by atoms with Gasteiger partial charge in [0.05, 0.1) is 6.10 Å². The van der Waals surface area contributed by atoms with Gasteiger partial charge in [0.2, 0.25) is 0 Å². The fraction of sp³-hybridized carbons (Fsp3) is 0.864. The molecule has 1 spiro atoms. The Labute approximate surface area is 151 Å². The summed E-state index contributed by atoms with van der Waals surface area (Å²) in [4.78, 5) is 11.9. The molecule has 1 saturated heterocycles. The average molecular weight is 344 g/mol. The van der Waals surface area contributed by atoms with Gasteiger partial charge in [-0.05, 0) is 81.0 Å². The van der Waals surface area contributed by atoms with Gasteiger partial charge in [-0.1, -0.05) is 25.5 Å². The van der Waals surface area contributed by atoms with Gasteiger partial charge in [-0.15, -0.1) is 0 Å². The summed E-state index contributed by atoms with van der Waals surface area (Å²) in [6.45, 7) is 4.91. The number of carbonyl (C=O) groups excluding carboxylic acids is 1. The second kappa shape index (κ2) is 5.12. The van der Waals surface area contributed by atoms with E-state index in [0.717, 1.165) is 43.9 Å². The SMILES string of the molecule is C[C@]12CC[C@H](O)CC1=CC[C@H]1[C@H]2CC[C@@]2(C)[C@@H]1CC[C@@]21CCC(=O)O1. The molecule has 7 atom stereocenters. The maximum atomic E-state index is 11.9. The first-order valence-electron chi connectivity index (χ1n) is 10.5. The van der Waals surface area contributed by atoms with Crippen LogP contribution in [-0.4, -0.2) is 22.8 Å². The van der Waals surface area contributed by atoms with Crippen LogP contribution >= 0.6 is 0 Å². The molecule has 5 rings (SSSR count). The minimum Gasteiger partial charge on any atom is -0.458 e. The summed E-state index contributed by atoms with van der Waals surface area (Å²) >= 11 is 0. The molecule has 25 heavy (non-hydrogen) atoms. The Morgan fingerprint density at radius 2 is 1.88 bits per heavy atom. The highest BCUT2D eigenvalue weighted by Gasteiger charge is 2.66. The number of rotatable bonds is 0. The highest BCUT2D eigenvalue weighted by molar-refractivity contribution is 5.72. The minimum atomic E-state index is -0.159. The summed E-state index contributed by atoms with van der Waals surface area (Å²) in [7, 11) is 0. The number of fused-ring (bicyclic) bond motifs is 6. The third kappa shape index (κ3) is 1.99. The Balaban J connectivity index is 1.49. The van der Waals surface area contributed by atoms with Crippen LogP contribution in [0.2, 0.25) is 0 Å². The average Bonchev–Trinajstić information content (AvgIpc) is 3.10. The smallest absolute Gasteiger partial charge is 0.306 e. The Hall–Kier alpha value is -0.830. The molecule has 138 valence electrons. The highest BCUT2D eigenvalue weighted by atomic mass is 16.6. The van der Waals surface area contributed by atoms with E-state index in [1.807, 2.05) is 0 Å². The third-order valence-corrected chi connectivity index (χ3v) is 9.41. The molecular formula is C22H32O3. The first-order valence-corrected chi connectivity index (χ1v) is 10.5. The predicted molar refractivity (Wildman–Crippen MR) is 95.8 cm³/mol. The van der Waals surface area contributed by atoms with Crippen LogP contribution in [0, 0.1) is 28.6 Å². The summed E-state index contributed by atoms with van der Waals surface area (Å²) < 4.78 is 6.02. The predicted octanol–water partition coefficient (Wildman–Crippen LogP) is 4.39. The summed E-state index contributed by atoms with van der Waals surface area (Å²) in [5.74, 6) is 2.22. The molecule has 0 amide bonds. The summed E-state index contributed by atoms with van der Waals surface area (Å²) in [5.41, 5.74) is 1.85. The van der Waals surface area contributed by atoms with Gasteiger partial charge in [0.25, 0.3) is 0 Å². The Morgan fingerprint density at radius 3 is 2.64 bits per heavy atom. The van der Waals surface area contributed by atoms with Crippen LogP contribution in [0.15, 0.2) is 11.6 Å². The number of aliphatic hydroxyl groups excluding tert-OH is 1. The van der Waals surface area contributed by atoms with Crippen molar-refractivity contribution in [1.82, 2.24) is 0 Å². The Kier molecular flexibility index (Phi) is 3.35. The van der Waals surface area contributed by atoms with E-state index >= 15 is 0 Å². The third-order valence-electron chi connectivity index (χ3n) is 9.41. The first-order chi connectivity index (χ1) is 11.9. The quantitative estimate of drug-likeness (QED) is 0.524. The van der Waals surface area contributed by atoms with Crippen molar-refractivity contribution in [2.24, 2.45) is 28.6 Å². The van der Waals surface area contributed by atoms with Gasteiger partial charge in [0, 0.05) is 11.8 Å². The van der Waals surface area contributed by atoms with Gasteiger partial charge in [-0.3, -0.25) is 4.79 Å². The zero-order valence-corrected chi connectivity index (χ0v) is 15.7. The Bertz CT molecular complexity index is 639. The van der Waals surface area contributed by atoms with Crippen LogP contribution in [0.1, 0.15) is 78.1 Å². The lowest BCUT2D eigenvalue weighted by Gasteiger charge is -2.59. The maximum Gasteiger partial charge on any atom is 0.306 e. The lowest BCUT2D eigenvalue weighted by Crippen LogP contribution is -2.54. The van der Waals surface area contributed by atoms with Crippen LogP contribution in [0.3, 0.4) is 0 Å². The number of carbonyl (C=O) groups is 1. The molecule has 0 radical (unpaired) electrons. The maximum absolute atomic E-state index is 11.9. The van der Waals surface area contributed by atoms with E-state index in [1.54, 1.807) is 0 Å². The molecule has 4 fully saturated rings. The second-order valence-electron chi connectivity index (χ2n) is 10.1. The second-order valence-corrected chi connectivity index (χ2v) is 10.1. The van der Waals surface area contributed by atoms with Gasteiger partial charge in [-0.25, -0.2) is 0 Å². The first kappa shape index (κ1) is 16.4. The number of hydrogen-bond donors (Lipinski definition) is 1. The fourth-order valence-corrected chi connectivity index (χ4v) is 7.94. The monoisotopic (exact) mass is 344 g/mol. The van der Waals surface area contributed by atoms with E-state index in [4.69, 9.17) is 4.74 Å². The number of aliphatic hydroxyl groups is 1. The molecule has 5 aliphatic rings. The van der Waals surface area contributed by atoms with Gasteiger partial charge >= 0.3 is 5.97 Å². The molecule has 0 unspecified atom stereocenters. The summed E-state index contributed by atoms with van der Waals surface area (Å²) in [5, 5.41) is 10.1. The van der Waals surface area contributed by atoms with E-state index in [2.05, 4.69) is 19.9 Å². The largest absolute Gasteiger partial charge is 0.458 e. The summed E-state index contributed by atoms with van der Waals surface area (Å²) in [6.07, 6.45) is 12.9. The van der Waals surface area contributed by atoms with Gasteiger partial charge in [-0.2, -0.15) is 0 Å². The molecule has 1 aliphatic heterocycles. The fourth-order valence-electron chi connectivity index (χ4n) is 7.94. The molecule has 3 heteroatoms. The van der Waals surface area contributed by atoms with E-state index in [0.29, 0.717) is 17.8 Å². The molecule has 1 heterocycles. The molecule has 0 aromatic heterocycles. The van der Waals surface area contributed by atoms with Crippen molar-refractivity contribution in [3.05, 3.63) is 11.6 Å². The van der Waals surface area contributed by atoms with Crippen molar-refractivity contribution < 1.29 is 14.6 Å². The molecule has 0 aromatic rings. The lowest BCUT2D eigenvalue weighted by atomic mass is 9.47. The van der Waals surface area contributed by atoms with Crippen LogP contribution in [-0.2, 0) is 9.53 Å². The van der Waals surface area contributed by atoms with Crippen molar-refractivity contribution in [2.75, 3.05) is 0 Å². The molecular weight excluding hydrogens is 312 g/mol. The van der Waals surface area contributed by atoms with Crippen LogP contribution in [0.5, 0.6) is 0 Å². The van der Waals surface area contributed by atoms with Crippen molar-refractivity contribution in [2.45, 2.75) is 89.8 Å². The van der Waals surface area contributed by atoms with E-state index in [9.17, 15) is 9.90 Å². The molecule has 4 aliphatic carbocycles. The molecule has 3 nitrogen and oxygen atoms in total. The number of hydrogen-bond acceptors (Lipinski definition) is 3. The molecule has 0 aromatic carbocycles. The van der Waals surface area contributed by atoms with Gasteiger partial charge in [0.1, 0.15) is 5.60 Å². The van der Waals surface area contributed by atoms with Crippen molar-refractivity contribution >= 4 is 5.97 Å². The van der Waals surface area contributed by atoms with Crippen molar-refractivity contribution in [1.29, 1.82) is 0 Å². The number of allylic oxidation sites excluding steroid dienone is 1.